The number of nitrogens with two attached hydrogens (primary N) is 1. The van der Waals surface area contributed by atoms with Crippen molar-refractivity contribution in [3.63, 3.8) is 0 Å². The lowest BCUT2D eigenvalue weighted by molar-refractivity contribution is 0.558. The molecule has 0 aliphatic heterocycles. The molecule has 0 amide bonds. The van der Waals surface area contributed by atoms with Gasteiger partial charge in [0.1, 0.15) is 0 Å². The summed E-state index contributed by atoms with van der Waals surface area (Å²) >= 11 is 3.60. The molecule has 2 atom stereocenters. The van der Waals surface area contributed by atoms with Crippen LogP contribution in [0.3, 0.4) is 0 Å². The summed E-state index contributed by atoms with van der Waals surface area (Å²) in [6, 6.07) is 8.46. The summed E-state index contributed by atoms with van der Waals surface area (Å²) in [6.45, 7) is 5.39. The van der Waals surface area contributed by atoms with Gasteiger partial charge in [-0.2, -0.15) is 0 Å². The molecule has 14 heavy (non-hydrogen) atoms. The van der Waals surface area contributed by atoms with Crippen molar-refractivity contribution < 1.29 is 0 Å². The summed E-state index contributed by atoms with van der Waals surface area (Å²) in [7, 11) is 0. The molecule has 2 rings (SSSR count). The molecule has 1 aromatic carbocycles. The zero-order chi connectivity index (χ0) is 10.3. The Morgan fingerprint density at radius 1 is 1.36 bits per heavy atom. The monoisotopic (exact) mass is 253 g/mol. The summed E-state index contributed by atoms with van der Waals surface area (Å²) in [5.41, 5.74) is 7.56. The third-order valence-electron chi connectivity index (χ3n) is 3.54. The van der Waals surface area contributed by atoms with Gasteiger partial charge in [0.05, 0.1) is 0 Å². The van der Waals surface area contributed by atoms with Gasteiger partial charge in [-0.3, -0.25) is 0 Å². The van der Waals surface area contributed by atoms with Gasteiger partial charge in [0.25, 0.3) is 0 Å². The van der Waals surface area contributed by atoms with Crippen LogP contribution in [-0.4, -0.2) is 6.54 Å². The molecule has 2 unspecified atom stereocenters. The van der Waals surface area contributed by atoms with Gasteiger partial charge in [-0.05, 0) is 35.4 Å². The lowest BCUT2D eigenvalue weighted by Crippen LogP contribution is -2.05. The molecule has 1 saturated carbocycles. The van der Waals surface area contributed by atoms with Crippen LogP contribution in [0.15, 0.2) is 28.7 Å². The van der Waals surface area contributed by atoms with Crippen LogP contribution in [0.25, 0.3) is 0 Å². The molecule has 0 radical (unpaired) electrons. The van der Waals surface area contributed by atoms with Crippen LogP contribution in [0.2, 0.25) is 0 Å². The molecule has 1 aliphatic carbocycles. The maximum atomic E-state index is 5.77. The highest BCUT2D eigenvalue weighted by Gasteiger charge is 2.57. The second-order valence-corrected chi connectivity index (χ2v) is 5.52. The van der Waals surface area contributed by atoms with E-state index in [9.17, 15) is 0 Å². The fraction of sp³-hybridized carbons (Fsp3) is 0.500. The summed E-state index contributed by atoms with van der Waals surface area (Å²) in [5, 5.41) is 0. The van der Waals surface area contributed by atoms with Crippen LogP contribution >= 0.6 is 15.9 Å². The summed E-state index contributed by atoms with van der Waals surface area (Å²) in [5.74, 6) is 1.27. The number of benzene rings is 1. The highest BCUT2D eigenvalue weighted by Crippen LogP contribution is 2.64. The molecule has 76 valence electrons. The molecule has 2 heteroatoms. The molecule has 0 saturated heterocycles. The van der Waals surface area contributed by atoms with Crippen LogP contribution in [0.5, 0.6) is 0 Å². The predicted molar refractivity (Wildman–Crippen MR) is 63.2 cm³/mol. The van der Waals surface area contributed by atoms with E-state index >= 15 is 0 Å². The van der Waals surface area contributed by atoms with Crippen molar-refractivity contribution in [1.82, 2.24) is 0 Å². The number of hydrogen-bond acceptors (Lipinski definition) is 1. The van der Waals surface area contributed by atoms with Crippen LogP contribution in [-0.2, 0) is 0 Å². The molecule has 1 aliphatic rings. The second kappa shape index (κ2) is 3.35. The Morgan fingerprint density at radius 3 is 2.50 bits per heavy atom. The van der Waals surface area contributed by atoms with Crippen molar-refractivity contribution in [2.45, 2.75) is 19.8 Å². The van der Waals surface area contributed by atoms with E-state index in [1.165, 1.54) is 10.0 Å². The average Bonchev–Trinajstić information content (AvgIpc) is 2.69. The SMILES string of the molecule is CC1(C)C(CN)C1c1ccccc1Br. The molecule has 2 N–H and O–H groups in total. The van der Waals surface area contributed by atoms with Gasteiger partial charge in [-0.15, -0.1) is 0 Å². The van der Waals surface area contributed by atoms with Crippen molar-refractivity contribution >= 4 is 15.9 Å². The zero-order valence-electron chi connectivity index (χ0n) is 8.63. The lowest BCUT2D eigenvalue weighted by Gasteiger charge is -2.05. The number of halogens is 1. The Morgan fingerprint density at radius 2 is 2.00 bits per heavy atom. The van der Waals surface area contributed by atoms with Gasteiger partial charge in [-0.1, -0.05) is 48.0 Å². The standard InChI is InChI=1S/C12H16BrN/c1-12(2)9(7-14)11(12)8-5-3-4-6-10(8)13/h3-6,9,11H,7,14H2,1-2H3. The molecular formula is C12H16BrN. The molecule has 1 nitrogen and oxygen atoms in total. The van der Waals surface area contributed by atoms with E-state index in [2.05, 4.69) is 54.0 Å². The highest BCUT2D eigenvalue weighted by molar-refractivity contribution is 9.10. The average molecular weight is 254 g/mol. The first kappa shape index (κ1) is 10.2. The Balaban J connectivity index is 2.31. The van der Waals surface area contributed by atoms with E-state index in [1.54, 1.807) is 0 Å². The maximum absolute atomic E-state index is 5.77. The normalized spacial score (nSPS) is 28.9. The van der Waals surface area contributed by atoms with Crippen molar-refractivity contribution in [3.05, 3.63) is 34.3 Å². The van der Waals surface area contributed by atoms with E-state index in [0.717, 1.165) is 6.54 Å². The molecule has 0 aromatic heterocycles. The molecule has 0 heterocycles. The van der Waals surface area contributed by atoms with E-state index in [4.69, 9.17) is 5.73 Å². The van der Waals surface area contributed by atoms with Gasteiger partial charge in [-0.25, -0.2) is 0 Å². The van der Waals surface area contributed by atoms with Crippen molar-refractivity contribution in [2.75, 3.05) is 6.54 Å². The Hall–Kier alpha value is -0.340. The number of hydrogen-bond donors (Lipinski definition) is 1. The minimum atomic E-state index is 0.374. The first-order chi connectivity index (χ1) is 6.59. The first-order valence-corrected chi connectivity index (χ1v) is 5.83. The van der Waals surface area contributed by atoms with E-state index in [-0.39, 0.29) is 0 Å². The largest absolute Gasteiger partial charge is 0.330 e. The molecule has 1 aromatic rings. The Kier molecular flexibility index (Phi) is 2.44. The van der Waals surface area contributed by atoms with Crippen LogP contribution < -0.4 is 5.73 Å². The topological polar surface area (TPSA) is 26.0 Å². The van der Waals surface area contributed by atoms with Crippen LogP contribution in [0.4, 0.5) is 0 Å². The van der Waals surface area contributed by atoms with Gasteiger partial charge in [0.2, 0.25) is 0 Å². The van der Waals surface area contributed by atoms with Gasteiger partial charge in [0, 0.05) is 4.47 Å². The lowest BCUT2D eigenvalue weighted by atomic mass is 10.0. The Labute approximate surface area is 93.8 Å². The molecule has 1 fully saturated rings. The summed E-state index contributed by atoms with van der Waals surface area (Å²) in [4.78, 5) is 0. The minimum Gasteiger partial charge on any atom is -0.330 e. The van der Waals surface area contributed by atoms with Gasteiger partial charge < -0.3 is 5.73 Å². The van der Waals surface area contributed by atoms with E-state index < -0.39 is 0 Å². The van der Waals surface area contributed by atoms with Crippen molar-refractivity contribution in [1.29, 1.82) is 0 Å². The quantitative estimate of drug-likeness (QED) is 0.862. The number of rotatable bonds is 2. The maximum Gasteiger partial charge on any atom is 0.0210 e. The highest BCUT2D eigenvalue weighted by atomic mass is 79.9. The van der Waals surface area contributed by atoms with Crippen molar-refractivity contribution in [2.24, 2.45) is 17.1 Å². The van der Waals surface area contributed by atoms with E-state index in [1.807, 2.05) is 0 Å². The van der Waals surface area contributed by atoms with Gasteiger partial charge >= 0.3 is 0 Å². The summed E-state index contributed by atoms with van der Waals surface area (Å²) in [6.07, 6.45) is 0. The smallest absolute Gasteiger partial charge is 0.0210 e. The van der Waals surface area contributed by atoms with E-state index in [0.29, 0.717) is 17.3 Å². The van der Waals surface area contributed by atoms with Crippen LogP contribution in [0.1, 0.15) is 25.3 Å². The first-order valence-electron chi connectivity index (χ1n) is 5.03. The second-order valence-electron chi connectivity index (χ2n) is 4.66. The third-order valence-corrected chi connectivity index (χ3v) is 4.27. The third kappa shape index (κ3) is 1.41. The molecule has 0 bridgehead atoms. The molecular weight excluding hydrogens is 238 g/mol. The Bertz CT molecular complexity index is 346. The predicted octanol–water partition coefficient (Wildman–Crippen LogP) is 3.15. The molecule has 0 spiro atoms. The summed E-state index contributed by atoms with van der Waals surface area (Å²) < 4.78 is 1.22. The fourth-order valence-electron chi connectivity index (χ4n) is 2.53. The minimum absolute atomic E-state index is 0.374. The van der Waals surface area contributed by atoms with Crippen LogP contribution in [0, 0.1) is 11.3 Å². The fourth-order valence-corrected chi connectivity index (χ4v) is 3.06. The van der Waals surface area contributed by atoms with Gasteiger partial charge in [0.15, 0.2) is 0 Å². The van der Waals surface area contributed by atoms with Crippen molar-refractivity contribution in [3.8, 4) is 0 Å². The zero-order valence-corrected chi connectivity index (χ0v) is 10.2.